The van der Waals surface area contributed by atoms with Crippen LogP contribution in [0.3, 0.4) is 0 Å². The Morgan fingerprint density at radius 1 is 1.30 bits per heavy atom. The number of amides is 1. The lowest BCUT2D eigenvalue weighted by atomic mass is 9.91. The summed E-state index contributed by atoms with van der Waals surface area (Å²) in [5.74, 6) is 0.810. The second-order valence-electron chi connectivity index (χ2n) is 9.45. The molecular formula is C24H30N6O2S. The first kappa shape index (κ1) is 22.1. The van der Waals surface area contributed by atoms with Crippen LogP contribution in [-0.4, -0.2) is 53.8 Å². The number of nitrogen functional groups attached to an aromatic ring is 1. The highest BCUT2D eigenvalue weighted by Crippen LogP contribution is 2.33. The molecule has 1 saturated heterocycles. The molecule has 8 nitrogen and oxygen atoms in total. The number of hydrogen-bond acceptors (Lipinski definition) is 8. The minimum absolute atomic E-state index is 0.0182. The van der Waals surface area contributed by atoms with Crippen LogP contribution in [0.15, 0.2) is 24.3 Å². The van der Waals surface area contributed by atoms with E-state index in [1.54, 1.807) is 7.11 Å². The summed E-state index contributed by atoms with van der Waals surface area (Å²) in [6.07, 6.45) is 2.40. The number of carbonyl (C=O) groups excluding carboxylic acids is 1. The first-order chi connectivity index (χ1) is 15.7. The maximum atomic E-state index is 13.0. The highest BCUT2D eigenvalue weighted by molar-refractivity contribution is 7.21. The third-order valence-electron chi connectivity index (χ3n) is 6.79. The average Bonchev–Trinajstić information content (AvgIpc) is 3.28. The van der Waals surface area contributed by atoms with Crippen LogP contribution in [0.4, 0.5) is 11.5 Å². The van der Waals surface area contributed by atoms with E-state index in [1.807, 2.05) is 26.0 Å². The van der Waals surface area contributed by atoms with Gasteiger partial charge in [0, 0.05) is 43.0 Å². The molecule has 0 saturated carbocycles. The summed E-state index contributed by atoms with van der Waals surface area (Å²) in [5, 5.41) is 4.02. The van der Waals surface area contributed by atoms with Crippen molar-refractivity contribution in [2.24, 2.45) is 5.73 Å². The fourth-order valence-electron chi connectivity index (χ4n) is 4.91. The number of rotatable bonds is 4. The molecule has 3 atom stereocenters. The van der Waals surface area contributed by atoms with Crippen LogP contribution in [0.5, 0.6) is 0 Å². The van der Waals surface area contributed by atoms with Crippen molar-refractivity contribution in [2.45, 2.75) is 50.8 Å². The summed E-state index contributed by atoms with van der Waals surface area (Å²) < 4.78 is 5.57. The number of anilines is 2. The van der Waals surface area contributed by atoms with Crippen LogP contribution in [0.2, 0.25) is 0 Å². The molecule has 33 heavy (non-hydrogen) atoms. The Morgan fingerprint density at radius 3 is 2.88 bits per heavy atom. The van der Waals surface area contributed by atoms with Crippen LogP contribution < -0.4 is 21.7 Å². The third kappa shape index (κ3) is 4.05. The zero-order valence-electron chi connectivity index (χ0n) is 19.2. The van der Waals surface area contributed by atoms with E-state index in [9.17, 15) is 4.79 Å². The summed E-state index contributed by atoms with van der Waals surface area (Å²) in [7, 11) is 1.71. The number of carbonyl (C=O) groups is 1. The summed E-state index contributed by atoms with van der Waals surface area (Å²) in [6, 6.07) is 8.08. The average molecular weight is 467 g/mol. The molecule has 1 amide bonds. The number of ether oxygens (including phenoxy) is 1. The number of aryl methyl sites for hydroxylation is 2. The minimum Gasteiger partial charge on any atom is -0.397 e. The van der Waals surface area contributed by atoms with E-state index >= 15 is 0 Å². The Kier molecular flexibility index (Phi) is 5.50. The highest BCUT2D eigenvalue weighted by atomic mass is 32.1. The fraction of sp³-hybridized carbons (Fsp3) is 0.458. The van der Waals surface area contributed by atoms with Gasteiger partial charge in [-0.25, -0.2) is 9.97 Å². The normalized spacial score (nSPS) is 24.8. The molecule has 1 fully saturated rings. The molecule has 0 bridgehead atoms. The lowest BCUT2D eigenvalue weighted by Gasteiger charge is -2.27. The Bertz CT molecular complexity index is 1220. The van der Waals surface area contributed by atoms with Crippen molar-refractivity contribution in [3.63, 3.8) is 0 Å². The Morgan fingerprint density at radius 2 is 2.12 bits per heavy atom. The number of nitrogens with one attached hydrogen (secondary N) is 1. The largest absolute Gasteiger partial charge is 0.397 e. The molecule has 5 rings (SSSR count). The molecule has 0 aromatic carbocycles. The van der Waals surface area contributed by atoms with Crippen LogP contribution in [0, 0.1) is 6.92 Å². The van der Waals surface area contributed by atoms with Gasteiger partial charge in [-0.2, -0.15) is 0 Å². The first-order valence-electron chi connectivity index (χ1n) is 11.3. The second kappa shape index (κ2) is 8.23. The Balaban J connectivity index is 1.28. The number of pyridine rings is 2. The van der Waals surface area contributed by atoms with E-state index in [4.69, 9.17) is 21.2 Å². The van der Waals surface area contributed by atoms with E-state index < -0.39 is 5.54 Å². The molecule has 174 valence electrons. The van der Waals surface area contributed by atoms with Gasteiger partial charge in [0.1, 0.15) is 15.5 Å². The molecule has 3 aromatic heterocycles. The molecule has 0 spiro atoms. The van der Waals surface area contributed by atoms with E-state index in [0.29, 0.717) is 17.1 Å². The summed E-state index contributed by atoms with van der Waals surface area (Å²) in [6.45, 7) is 5.40. The van der Waals surface area contributed by atoms with Crippen LogP contribution in [0.1, 0.15) is 40.0 Å². The van der Waals surface area contributed by atoms with E-state index in [2.05, 4.69) is 27.3 Å². The SMILES string of the molecule is CO[C@@H]1CN(c2ccc3c(n2)CC[C@H](NC(=O)c2sc4nc(C)ccc4c2N)C3)C[C@@]1(C)N. The van der Waals surface area contributed by atoms with Gasteiger partial charge in [0.25, 0.3) is 5.91 Å². The van der Waals surface area contributed by atoms with E-state index in [1.165, 1.54) is 16.9 Å². The number of thiophene rings is 1. The number of hydrogen-bond donors (Lipinski definition) is 3. The van der Waals surface area contributed by atoms with Crippen molar-refractivity contribution in [1.82, 2.24) is 15.3 Å². The monoisotopic (exact) mass is 466 g/mol. The smallest absolute Gasteiger partial charge is 0.263 e. The van der Waals surface area contributed by atoms with Gasteiger partial charge in [0.05, 0.1) is 17.3 Å². The molecule has 1 aliphatic carbocycles. The predicted molar refractivity (Wildman–Crippen MR) is 132 cm³/mol. The lowest BCUT2D eigenvalue weighted by Crippen LogP contribution is -2.48. The first-order valence-corrected chi connectivity index (χ1v) is 12.1. The molecule has 4 heterocycles. The van der Waals surface area contributed by atoms with Gasteiger partial charge in [-0.3, -0.25) is 4.79 Å². The van der Waals surface area contributed by atoms with Crippen molar-refractivity contribution in [2.75, 3.05) is 30.8 Å². The highest BCUT2D eigenvalue weighted by Gasteiger charge is 2.41. The van der Waals surface area contributed by atoms with Crippen molar-refractivity contribution < 1.29 is 9.53 Å². The predicted octanol–water partition coefficient (Wildman–Crippen LogP) is 2.42. The molecular weight excluding hydrogens is 436 g/mol. The van der Waals surface area contributed by atoms with Crippen molar-refractivity contribution in [3.05, 3.63) is 46.1 Å². The second-order valence-corrected chi connectivity index (χ2v) is 10.4. The van der Waals surface area contributed by atoms with Crippen LogP contribution in [0.25, 0.3) is 10.2 Å². The van der Waals surface area contributed by atoms with Gasteiger partial charge in [-0.1, -0.05) is 6.07 Å². The standard InChI is InChI=1S/C24H30N6O2S/c1-13-4-7-16-20(25)21(33-23(16)27-13)22(31)28-15-6-8-17-14(10-15)5-9-19(29-17)30-11-18(32-3)24(2,26)12-30/h4-5,7,9,15,18H,6,8,10-12,25-26H2,1-3H3,(H,28,31)/t15-,18+,24+/m0/s1. The van der Waals surface area contributed by atoms with Gasteiger partial charge in [-0.05, 0) is 56.9 Å². The van der Waals surface area contributed by atoms with Gasteiger partial charge >= 0.3 is 0 Å². The minimum atomic E-state index is -0.398. The van der Waals surface area contributed by atoms with Gasteiger partial charge in [0.2, 0.25) is 0 Å². The summed E-state index contributed by atoms with van der Waals surface area (Å²) >= 11 is 1.35. The van der Waals surface area contributed by atoms with Gasteiger partial charge < -0.3 is 26.4 Å². The van der Waals surface area contributed by atoms with Crippen LogP contribution >= 0.6 is 11.3 Å². The Hall–Kier alpha value is -2.75. The number of nitrogens with two attached hydrogens (primary N) is 2. The van der Waals surface area contributed by atoms with E-state index in [-0.39, 0.29) is 18.1 Å². The van der Waals surface area contributed by atoms with Crippen LogP contribution in [-0.2, 0) is 17.6 Å². The Labute approximate surface area is 197 Å². The van der Waals surface area contributed by atoms with Crippen molar-refractivity contribution in [1.29, 1.82) is 0 Å². The molecule has 9 heteroatoms. The number of fused-ring (bicyclic) bond motifs is 2. The lowest BCUT2D eigenvalue weighted by molar-refractivity contribution is 0.0751. The molecule has 0 radical (unpaired) electrons. The summed E-state index contributed by atoms with van der Waals surface area (Å²) in [4.78, 5) is 26.0. The topological polar surface area (TPSA) is 119 Å². The van der Waals surface area contributed by atoms with Crippen molar-refractivity contribution in [3.8, 4) is 0 Å². The van der Waals surface area contributed by atoms with Gasteiger partial charge in [0.15, 0.2) is 0 Å². The van der Waals surface area contributed by atoms with Gasteiger partial charge in [-0.15, -0.1) is 11.3 Å². The maximum absolute atomic E-state index is 13.0. The maximum Gasteiger partial charge on any atom is 0.263 e. The fourth-order valence-corrected chi connectivity index (χ4v) is 5.96. The number of nitrogens with zero attached hydrogens (tertiary/aromatic N) is 3. The third-order valence-corrected chi connectivity index (χ3v) is 7.90. The van der Waals surface area contributed by atoms with E-state index in [0.717, 1.165) is 53.2 Å². The summed E-state index contributed by atoms with van der Waals surface area (Å²) in [5.41, 5.74) is 16.0. The van der Waals surface area contributed by atoms with Crippen molar-refractivity contribution >= 4 is 39.0 Å². The number of methoxy groups -OCH3 is 1. The molecule has 5 N–H and O–H groups in total. The molecule has 1 aliphatic heterocycles. The molecule has 2 aliphatic rings. The quantitative estimate of drug-likeness (QED) is 0.540. The zero-order chi connectivity index (χ0) is 23.3. The number of aromatic nitrogens is 2. The zero-order valence-corrected chi connectivity index (χ0v) is 20.0. The molecule has 0 unspecified atom stereocenters. The molecule has 3 aromatic rings.